The van der Waals surface area contributed by atoms with Crippen LogP contribution in [-0.4, -0.2) is 15.6 Å². The third-order valence-electron chi connectivity index (χ3n) is 3.58. The van der Waals surface area contributed by atoms with Gasteiger partial charge in [-0.15, -0.1) is 0 Å². The number of aryl methyl sites for hydroxylation is 2. The second-order valence-corrected chi connectivity index (χ2v) is 4.85. The minimum Gasteiger partial charge on any atom is -0.481 e. The van der Waals surface area contributed by atoms with Gasteiger partial charge >= 0.3 is 5.97 Å². The van der Waals surface area contributed by atoms with Gasteiger partial charge in [-0.3, -0.25) is 9.59 Å². The van der Waals surface area contributed by atoms with Crippen LogP contribution in [0.3, 0.4) is 0 Å². The molecule has 0 spiro atoms. The first kappa shape index (κ1) is 11.9. The number of aliphatic carboxylic acids is 1. The second-order valence-electron chi connectivity index (χ2n) is 4.85. The van der Waals surface area contributed by atoms with Crippen LogP contribution in [0.15, 0.2) is 16.9 Å². The number of hydrogen-bond donors (Lipinski definition) is 1. The summed E-state index contributed by atoms with van der Waals surface area (Å²) >= 11 is 0. The van der Waals surface area contributed by atoms with Gasteiger partial charge in [-0.1, -0.05) is 0 Å². The van der Waals surface area contributed by atoms with E-state index in [1.54, 1.807) is 12.1 Å². The lowest BCUT2D eigenvalue weighted by atomic mass is 10.1. The molecular formula is C13H17NO3. The van der Waals surface area contributed by atoms with Crippen molar-refractivity contribution in [3.8, 4) is 0 Å². The molecule has 0 bridgehead atoms. The Labute approximate surface area is 99.9 Å². The van der Waals surface area contributed by atoms with Crippen molar-refractivity contribution >= 4 is 5.97 Å². The van der Waals surface area contributed by atoms with Gasteiger partial charge in [-0.05, 0) is 33.1 Å². The molecule has 1 aromatic rings. The molecule has 2 unspecified atom stereocenters. The van der Waals surface area contributed by atoms with Crippen molar-refractivity contribution in [3.63, 3.8) is 0 Å². The van der Waals surface area contributed by atoms with E-state index in [9.17, 15) is 9.59 Å². The standard InChI is InChI=1S/C13H17NO3/c1-8-5-12(15)6-9(2)14(8)11-4-3-10(7-11)13(16)17/h5-6,10-11H,3-4,7H2,1-2H3,(H,16,17). The van der Waals surface area contributed by atoms with E-state index >= 15 is 0 Å². The second kappa shape index (κ2) is 4.35. The number of carboxylic acids is 1. The molecule has 1 heterocycles. The zero-order valence-corrected chi connectivity index (χ0v) is 10.1. The van der Waals surface area contributed by atoms with Crippen LogP contribution in [0, 0.1) is 19.8 Å². The molecule has 1 aromatic heterocycles. The molecule has 1 saturated carbocycles. The van der Waals surface area contributed by atoms with E-state index in [1.807, 2.05) is 13.8 Å². The van der Waals surface area contributed by atoms with E-state index in [4.69, 9.17) is 5.11 Å². The Morgan fingerprint density at radius 3 is 2.35 bits per heavy atom. The maximum atomic E-state index is 11.3. The van der Waals surface area contributed by atoms with Crippen molar-refractivity contribution in [2.45, 2.75) is 39.2 Å². The van der Waals surface area contributed by atoms with E-state index in [-0.39, 0.29) is 17.4 Å². The number of pyridine rings is 1. The summed E-state index contributed by atoms with van der Waals surface area (Å²) in [5.41, 5.74) is 1.86. The van der Waals surface area contributed by atoms with Gasteiger partial charge in [0.15, 0.2) is 5.43 Å². The molecule has 1 aliphatic carbocycles. The fraction of sp³-hybridized carbons (Fsp3) is 0.538. The highest BCUT2D eigenvalue weighted by Crippen LogP contribution is 2.35. The van der Waals surface area contributed by atoms with Crippen LogP contribution in [-0.2, 0) is 4.79 Å². The number of nitrogens with zero attached hydrogens (tertiary/aromatic N) is 1. The highest BCUT2D eigenvalue weighted by atomic mass is 16.4. The summed E-state index contributed by atoms with van der Waals surface area (Å²) < 4.78 is 2.10. The molecule has 4 nitrogen and oxygen atoms in total. The fourth-order valence-electron chi connectivity index (χ4n) is 2.86. The van der Waals surface area contributed by atoms with Gasteiger partial charge in [0.1, 0.15) is 0 Å². The molecule has 0 saturated heterocycles. The molecule has 2 atom stereocenters. The summed E-state index contributed by atoms with van der Waals surface area (Å²) in [5.74, 6) is -0.943. The first-order chi connectivity index (χ1) is 7.99. The zero-order chi connectivity index (χ0) is 12.6. The third kappa shape index (κ3) is 2.25. The van der Waals surface area contributed by atoms with E-state index in [0.717, 1.165) is 24.2 Å². The van der Waals surface area contributed by atoms with Gasteiger partial charge in [-0.2, -0.15) is 0 Å². The minimum absolute atomic E-state index is 0.0176. The average Bonchev–Trinajstić information content (AvgIpc) is 2.65. The molecule has 1 N–H and O–H groups in total. The fourth-order valence-corrected chi connectivity index (χ4v) is 2.86. The molecule has 1 aliphatic rings. The van der Waals surface area contributed by atoms with Gasteiger partial charge < -0.3 is 9.67 Å². The van der Waals surface area contributed by atoms with Gasteiger partial charge in [0.25, 0.3) is 0 Å². The SMILES string of the molecule is Cc1cc(=O)cc(C)n1C1CCC(C(=O)O)C1. The first-order valence-corrected chi connectivity index (χ1v) is 5.91. The number of hydrogen-bond acceptors (Lipinski definition) is 2. The predicted molar refractivity (Wildman–Crippen MR) is 64.2 cm³/mol. The Hall–Kier alpha value is -1.58. The van der Waals surface area contributed by atoms with Crippen LogP contribution < -0.4 is 5.43 Å². The van der Waals surface area contributed by atoms with Crippen LogP contribution in [0.4, 0.5) is 0 Å². The summed E-state index contributed by atoms with van der Waals surface area (Å²) in [7, 11) is 0. The Bertz CT molecular complexity index is 478. The number of rotatable bonds is 2. The summed E-state index contributed by atoms with van der Waals surface area (Å²) in [6.45, 7) is 3.81. The molecule has 2 rings (SSSR count). The van der Waals surface area contributed by atoms with Gasteiger partial charge in [0.05, 0.1) is 5.92 Å². The summed E-state index contributed by atoms with van der Waals surface area (Å²) in [5, 5.41) is 9.00. The number of carboxylic acid groups (broad SMARTS) is 1. The lowest BCUT2D eigenvalue weighted by Crippen LogP contribution is -2.18. The van der Waals surface area contributed by atoms with E-state index in [1.165, 1.54) is 0 Å². The monoisotopic (exact) mass is 235 g/mol. The van der Waals surface area contributed by atoms with E-state index < -0.39 is 5.97 Å². The molecule has 0 radical (unpaired) electrons. The molecule has 0 aromatic carbocycles. The normalized spacial score (nSPS) is 23.9. The van der Waals surface area contributed by atoms with Crippen molar-refractivity contribution in [1.29, 1.82) is 0 Å². The average molecular weight is 235 g/mol. The molecule has 1 fully saturated rings. The van der Waals surface area contributed by atoms with Gasteiger partial charge in [-0.25, -0.2) is 0 Å². The van der Waals surface area contributed by atoms with E-state index in [0.29, 0.717) is 6.42 Å². The highest BCUT2D eigenvalue weighted by Gasteiger charge is 2.31. The van der Waals surface area contributed by atoms with E-state index in [2.05, 4.69) is 4.57 Å². The van der Waals surface area contributed by atoms with Crippen molar-refractivity contribution in [3.05, 3.63) is 33.7 Å². The number of aromatic nitrogens is 1. The molecule has 0 amide bonds. The van der Waals surface area contributed by atoms with Gasteiger partial charge in [0.2, 0.25) is 0 Å². The summed E-state index contributed by atoms with van der Waals surface area (Å²) in [6, 6.07) is 3.44. The first-order valence-electron chi connectivity index (χ1n) is 5.91. The van der Waals surface area contributed by atoms with Crippen molar-refractivity contribution < 1.29 is 9.90 Å². The molecule has 17 heavy (non-hydrogen) atoms. The van der Waals surface area contributed by atoms with Crippen molar-refractivity contribution in [1.82, 2.24) is 4.57 Å². The smallest absolute Gasteiger partial charge is 0.306 e. The van der Waals surface area contributed by atoms with Crippen LogP contribution in [0.25, 0.3) is 0 Å². The van der Waals surface area contributed by atoms with Crippen LogP contribution in [0.1, 0.15) is 36.7 Å². The molecule has 4 heteroatoms. The Kier molecular flexibility index (Phi) is 3.05. The summed E-state index contributed by atoms with van der Waals surface area (Å²) in [6.07, 6.45) is 2.27. The summed E-state index contributed by atoms with van der Waals surface area (Å²) in [4.78, 5) is 22.3. The molecule has 0 aliphatic heterocycles. The zero-order valence-electron chi connectivity index (χ0n) is 10.1. The Morgan fingerprint density at radius 2 is 1.88 bits per heavy atom. The topological polar surface area (TPSA) is 59.3 Å². The maximum absolute atomic E-state index is 11.3. The number of carbonyl (C=O) groups is 1. The Balaban J connectivity index is 2.31. The van der Waals surface area contributed by atoms with Gasteiger partial charge in [0, 0.05) is 29.6 Å². The molecule has 92 valence electrons. The van der Waals surface area contributed by atoms with Crippen LogP contribution in [0.5, 0.6) is 0 Å². The largest absolute Gasteiger partial charge is 0.481 e. The van der Waals surface area contributed by atoms with Crippen LogP contribution >= 0.6 is 0 Å². The predicted octanol–water partition coefficient (Wildman–Crippen LogP) is 1.89. The van der Waals surface area contributed by atoms with Crippen LogP contribution in [0.2, 0.25) is 0 Å². The lowest BCUT2D eigenvalue weighted by Gasteiger charge is -2.21. The Morgan fingerprint density at radius 1 is 1.29 bits per heavy atom. The molecular weight excluding hydrogens is 218 g/mol. The van der Waals surface area contributed by atoms with Crippen molar-refractivity contribution in [2.75, 3.05) is 0 Å². The highest BCUT2D eigenvalue weighted by molar-refractivity contribution is 5.70. The third-order valence-corrected chi connectivity index (χ3v) is 3.58. The maximum Gasteiger partial charge on any atom is 0.306 e. The minimum atomic E-state index is -0.705. The quantitative estimate of drug-likeness (QED) is 0.851. The lowest BCUT2D eigenvalue weighted by molar-refractivity contribution is -0.141. The van der Waals surface area contributed by atoms with Crippen molar-refractivity contribution in [2.24, 2.45) is 5.92 Å².